The largest absolute Gasteiger partial charge is 0.382 e. The van der Waals surface area contributed by atoms with Gasteiger partial charge in [-0.2, -0.15) is 0 Å². The average molecular weight is 201 g/mol. The van der Waals surface area contributed by atoms with Gasteiger partial charge in [0.2, 0.25) is 0 Å². The van der Waals surface area contributed by atoms with Crippen LogP contribution in [0, 0.1) is 0 Å². The van der Waals surface area contributed by atoms with Crippen LogP contribution in [0.15, 0.2) is 0 Å². The van der Waals surface area contributed by atoms with Crippen molar-refractivity contribution < 1.29 is 9.47 Å². The van der Waals surface area contributed by atoms with Gasteiger partial charge >= 0.3 is 0 Å². The van der Waals surface area contributed by atoms with Gasteiger partial charge in [0.05, 0.1) is 12.7 Å². The first kappa shape index (κ1) is 12.0. The lowest BCUT2D eigenvalue weighted by molar-refractivity contribution is 0.0266. The lowest BCUT2D eigenvalue weighted by Crippen LogP contribution is -2.39. The van der Waals surface area contributed by atoms with Crippen LogP contribution >= 0.6 is 0 Å². The molecule has 1 aliphatic carbocycles. The van der Waals surface area contributed by atoms with Gasteiger partial charge in [-0.25, -0.2) is 0 Å². The molecule has 0 aromatic rings. The predicted octanol–water partition coefficient (Wildman–Crippen LogP) is 1.57. The second-order valence-electron chi connectivity index (χ2n) is 4.06. The molecule has 0 aliphatic heterocycles. The minimum Gasteiger partial charge on any atom is -0.382 e. The molecule has 0 aromatic heterocycles. The molecule has 1 rings (SSSR count). The molecule has 1 fully saturated rings. The number of methoxy groups -OCH3 is 2. The molecular formula is C11H23NO2. The molecule has 0 saturated heterocycles. The summed E-state index contributed by atoms with van der Waals surface area (Å²) in [6, 6.07) is 0.707. The van der Waals surface area contributed by atoms with Crippen molar-refractivity contribution in [3.63, 3.8) is 0 Å². The topological polar surface area (TPSA) is 30.5 Å². The molecule has 0 amide bonds. The Hall–Kier alpha value is -0.120. The maximum absolute atomic E-state index is 5.29. The summed E-state index contributed by atoms with van der Waals surface area (Å²) < 4.78 is 10.4. The third-order valence-corrected chi connectivity index (χ3v) is 2.93. The van der Waals surface area contributed by atoms with Crippen LogP contribution in [0.4, 0.5) is 0 Å². The van der Waals surface area contributed by atoms with E-state index in [1.54, 1.807) is 14.2 Å². The van der Waals surface area contributed by atoms with Crippen molar-refractivity contribution in [3.05, 3.63) is 0 Å². The number of hydrogen-bond donors (Lipinski definition) is 1. The zero-order valence-electron chi connectivity index (χ0n) is 9.42. The van der Waals surface area contributed by atoms with Crippen LogP contribution in [0.1, 0.15) is 32.1 Å². The lowest BCUT2D eigenvalue weighted by atomic mass is 9.95. The van der Waals surface area contributed by atoms with Crippen molar-refractivity contribution in [2.45, 2.75) is 44.2 Å². The number of rotatable bonds is 6. The minimum absolute atomic E-state index is 0.196. The zero-order valence-corrected chi connectivity index (χ0v) is 9.42. The Kier molecular flexibility index (Phi) is 6.15. The Morgan fingerprint density at radius 1 is 1.21 bits per heavy atom. The van der Waals surface area contributed by atoms with Crippen LogP contribution in [-0.2, 0) is 9.47 Å². The van der Waals surface area contributed by atoms with Crippen molar-refractivity contribution in [2.75, 3.05) is 27.4 Å². The molecule has 0 radical (unpaired) electrons. The standard InChI is InChI=1S/C11H23NO2/c1-13-9-11(14-2)8-12-10-6-4-3-5-7-10/h10-12H,3-9H2,1-2H3. The van der Waals surface area contributed by atoms with E-state index < -0.39 is 0 Å². The van der Waals surface area contributed by atoms with Gasteiger partial charge in [-0.15, -0.1) is 0 Å². The summed E-state index contributed by atoms with van der Waals surface area (Å²) in [7, 11) is 3.46. The predicted molar refractivity (Wildman–Crippen MR) is 57.5 cm³/mol. The summed E-state index contributed by atoms with van der Waals surface area (Å²) in [5.41, 5.74) is 0. The van der Waals surface area contributed by atoms with Gasteiger partial charge in [0.15, 0.2) is 0 Å². The highest BCUT2D eigenvalue weighted by Crippen LogP contribution is 2.17. The van der Waals surface area contributed by atoms with E-state index in [0.29, 0.717) is 12.6 Å². The van der Waals surface area contributed by atoms with Crippen molar-refractivity contribution in [2.24, 2.45) is 0 Å². The Morgan fingerprint density at radius 3 is 2.50 bits per heavy atom. The molecule has 0 heterocycles. The number of nitrogens with one attached hydrogen (secondary N) is 1. The van der Waals surface area contributed by atoms with Gasteiger partial charge in [-0.1, -0.05) is 19.3 Å². The van der Waals surface area contributed by atoms with Crippen LogP contribution in [0.5, 0.6) is 0 Å². The Morgan fingerprint density at radius 2 is 1.93 bits per heavy atom. The molecule has 1 N–H and O–H groups in total. The number of ether oxygens (including phenoxy) is 2. The van der Waals surface area contributed by atoms with Crippen molar-refractivity contribution >= 4 is 0 Å². The third kappa shape index (κ3) is 4.40. The van der Waals surface area contributed by atoms with E-state index in [1.165, 1.54) is 32.1 Å². The summed E-state index contributed by atoms with van der Waals surface area (Å²) in [5.74, 6) is 0. The van der Waals surface area contributed by atoms with Gasteiger partial charge in [-0.3, -0.25) is 0 Å². The van der Waals surface area contributed by atoms with E-state index in [-0.39, 0.29) is 6.10 Å². The summed E-state index contributed by atoms with van der Waals surface area (Å²) in [5, 5.41) is 3.55. The first-order valence-electron chi connectivity index (χ1n) is 5.62. The SMILES string of the molecule is COCC(CNC1CCCCC1)OC. The molecule has 0 aromatic carbocycles. The second-order valence-corrected chi connectivity index (χ2v) is 4.06. The normalized spacial score (nSPS) is 21.0. The Bertz CT molecular complexity index is 130. The van der Waals surface area contributed by atoms with Gasteiger partial charge in [-0.05, 0) is 12.8 Å². The maximum Gasteiger partial charge on any atom is 0.0928 e. The van der Waals surface area contributed by atoms with Crippen molar-refractivity contribution in [3.8, 4) is 0 Å². The average Bonchev–Trinajstić information content (AvgIpc) is 2.25. The first-order valence-corrected chi connectivity index (χ1v) is 5.62. The van der Waals surface area contributed by atoms with E-state index in [0.717, 1.165) is 6.54 Å². The van der Waals surface area contributed by atoms with Gasteiger partial charge in [0.25, 0.3) is 0 Å². The van der Waals surface area contributed by atoms with E-state index >= 15 is 0 Å². The van der Waals surface area contributed by atoms with Crippen molar-refractivity contribution in [1.82, 2.24) is 5.32 Å². The van der Waals surface area contributed by atoms with Crippen LogP contribution < -0.4 is 5.32 Å². The van der Waals surface area contributed by atoms with E-state index in [2.05, 4.69) is 5.32 Å². The van der Waals surface area contributed by atoms with E-state index in [9.17, 15) is 0 Å². The van der Waals surface area contributed by atoms with Gasteiger partial charge in [0, 0.05) is 26.8 Å². The highest BCUT2D eigenvalue weighted by Gasteiger charge is 2.14. The quantitative estimate of drug-likeness (QED) is 0.707. The van der Waals surface area contributed by atoms with Crippen LogP contribution in [-0.4, -0.2) is 39.5 Å². The fraction of sp³-hybridized carbons (Fsp3) is 1.00. The molecule has 14 heavy (non-hydrogen) atoms. The summed E-state index contributed by atoms with van der Waals surface area (Å²) in [4.78, 5) is 0. The molecule has 0 spiro atoms. The summed E-state index contributed by atoms with van der Waals surface area (Å²) in [6.45, 7) is 1.59. The molecule has 3 heteroatoms. The first-order chi connectivity index (χ1) is 6.86. The maximum atomic E-state index is 5.29. The summed E-state index contributed by atoms with van der Waals surface area (Å²) in [6.07, 6.45) is 7.00. The van der Waals surface area contributed by atoms with Gasteiger partial charge in [0.1, 0.15) is 0 Å². The molecule has 84 valence electrons. The highest BCUT2D eigenvalue weighted by molar-refractivity contribution is 4.73. The molecule has 1 saturated carbocycles. The van der Waals surface area contributed by atoms with Crippen LogP contribution in [0.25, 0.3) is 0 Å². The Labute approximate surface area is 87.2 Å². The third-order valence-electron chi connectivity index (χ3n) is 2.93. The molecule has 0 bridgehead atoms. The minimum atomic E-state index is 0.196. The molecular weight excluding hydrogens is 178 g/mol. The highest BCUT2D eigenvalue weighted by atomic mass is 16.5. The molecule has 1 unspecified atom stereocenters. The van der Waals surface area contributed by atoms with E-state index in [1.807, 2.05) is 0 Å². The molecule has 1 atom stereocenters. The summed E-state index contributed by atoms with van der Waals surface area (Å²) >= 11 is 0. The molecule has 3 nitrogen and oxygen atoms in total. The van der Waals surface area contributed by atoms with Gasteiger partial charge < -0.3 is 14.8 Å². The second kappa shape index (κ2) is 7.21. The van der Waals surface area contributed by atoms with E-state index in [4.69, 9.17) is 9.47 Å². The monoisotopic (exact) mass is 201 g/mol. The fourth-order valence-corrected chi connectivity index (χ4v) is 2.00. The van der Waals surface area contributed by atoms with Crippen LogP contribution in [0.3, 0.4) is 0 Å². The smallest absolute Gasteiger partial charge is 0.0928 e. The Balaban J connectivity index is 2.10. The fourth-order valence-electron chi connectivity index (χ4n) is 2.00. The number of hydrogen-bond acceptors (Lipinski definition) is 3. The van der Waals surface area contributed by atoms with Crippen LogP contribution in [0.2, 0.25) is 0 Å². The zero-order chi connectivity index (χ0) is 10.2. The lowest BCUT2D eigenvalue weighted by Gasteiger charge is -2.25. The molecule has 1 aliphatic rings. The van der Waals surface area contributed by atoms with Crippen molar-refractivity contribution in [1.29, 1.82) is 0 Å².